The molecule has 0 fully saturated rings. The lowest BCUT2D eigenvalue weighted by Gasteiger charge is -2.07. The average Bonchev–Trinajstić information content (AvgIpc) is 3.33. The molecule has 154 valence electrons. The summed E-state index contributed by atoms with van der Waals surface area (Å²) in [4.78, 5) is 35.9. The number of ketones is 1. The summed E-state index contributed by atoms with van der Waals surface area (Å²) in [5.41, 5.74) is 4.12. The van der Waals surface area contributed by atoms with Crippen LogP contribution in [0.4, 0.5) is 0 Å². The van der Waals surface area contributed by atoms with Crippen LogP contribution in [0.25, 0.3) is 32.7 Å². The zero-order valence-electron chi connectivity index (χ0n) is 16.8. The van der Waals surface area contributed by atoms with Crippen LogP contribution < -0.4 is 5.32 Å². The van der Waals surface area contributed by atoms with Crippen LogP contribution in [0, 0.1) is 0 Å². The van der Waals surface area contributed by atoms with Crippen LogP contribution in [-0.4, -0.2) is 33.2 Å². The van der Waals surface area contributed by atoms with Gasteiger partial charge in [0.15, 0.2) is 5.78 Å². The number of carbonyl (C=O) groups is 2. The number of aromatic nitrogens is 3. The van der Waals surface area contributed by atoms with Crippen LogP contribution in [0.5, 0.6) is 0 Å². The number of fused-ring (bicyclic) bond motifs is 4. The minimum absolute atomic E-state index is 0.193. The Morgan fingerprint density at radius 3 is 2.71 bits per heavy atom. The van der Waals surface area contributed by atoms with Crippen LogP contribution in [-0.2, 0) is 6.42 Å². The highest BCUT2D eigenvalue weighted by Crippen LogP contribution is 2.28. The summed E-state index contributed by atoms with van der Waals surface area (Å²) in [6.07, 6.45) is 2.57. The van der Waals surface area contributed by atoms with Crippen molar-refractivity contribution in [1.29, 1.82) is 0 Å². The first-order valence-electron chi connectivity index (χ1n) is 9.97. The molecule has 0 saturated carbocycles. The van der Waals surface area contributed by atoms with Crippen molar-refractivity contribution in [1.82, 2.24) is 20.3 Å². The number of carbonyl (C=O) groups excluding carboxylic acids is 2. The van der Waals surface area contributed by atoms with Crippen molar-refractivity contribution in [2.45, 2.75) is 13.3 Å². The molecule has 3 aromatic heterocycles. The van der Waals surface area contributed by atoms with Crippen LogP contribution in [0.1, 0.15) is 33.5 Å². The normalized spacial score (nSPS) is 11.4. The second kappa shape index (κ2) is 7.56. The number of nitrogens with one attached hydrogen (secondary N) is 3. The van der Waals surface area contributed by atoms with Gasteiger partial charge in [-0.15, -0.1) is 0 Å². The molecule has 5 rings (SSSR count). The molecular formula is C24H19ClN4O2. The molecular weight excluding hydrogens is 412 g/mol. The Labute approximate surface area is 182 Å². The number of hydrogen-bond acceptors (Lipinski definition) is 3. The number of para-hydroxylation sites is 1. The van der Waals surface area contributed by atoms with E-state index in [0.717, 1.165) is 32.8 Å². The molecule has 6 nitrogen and oxygen atoms in total. The Morgan fingerprint density at radius 2 is 1.87 bits per heavy atom. The summed E-state index contributed by atoms with van der Waals surface area (Å²) in [5, 5.41) is 6.39. The van der Waals surface area contributed by atoms with Gasteiger partial charge in [-0.1, -0.05) is 29.8 Å². The van der Waals surface area contributed by atoms with E-state index >= 15 is 0 Å². The molecule has 0 aliphatic carbocycles. The van der Waals surface area contributed by atoms with E-state index in [1.165, 1.54) is 6.92 Å². The number of nitrogens with zero attached hydrogens (tertiary/aromatic N) is 1. The van der Waals surface area contributed by atoms with Gasteiger partial charge in [-0.25, -0.2) is 4.98 Å². The Morgan fingerprint density at radius 1 is 1.03 bits per heavy atom. The first-order valence-corrected chi connectivity index (χ1v) is 10.3. The van der Waals surface area contributed by atoms with Crippen molar-refractivity contribution in [2.75, 3.05) is 6.54 Å². The number of halogens is 1. The predicted octanol–water partition coefficient (Wildman–Crippen LogP) is 5.03. The van der Waals surface area contributed by atoms with Gasteiger partial charge in [0.05, 0.1) is 5.52 Å². The summed E-state index contributed by atoms with van der Waals surface area (Å²) < 4.78 is 0. The Balaban J connectivity index is 1.42. The van der Waals surface area contributed by atoms with Crippen LogP contribution in [0.3, 0.4) is 0 Å². The lowest BCUT2D eigenvalue weighted by Crippen LogP contribution is -2.27. The monoisotopic (exact) mass is 430 g/mol. The van der Waals surface area contributed by atoms with E-state index in [-0.39, 0.29) is 23.1 Å². The third-order valence-electron chi connectivity index (χ3n) is 5.47. The summed E-state index contributed by atoms with van der Waals surface area (Å²) in [6, 6.07) is 15.2. The number of aromatic amines is 2. The fourth-order valence-corrected chi connectivity index (χ4v) is 4.15. The Hall–Kier alpha value is -3.64. The first kappa shape index (κ1) is 19.3. The van der Waals surface area contributed by atoms with Crippen molar-refractivity contribution in [3.63, 3.8) is 0 Å². The van der Waals surface area contributed by atoms with Crippen LogP contribution in [0.2, 0.25) is 5.02 Å². The van der Waals surface area contributed by atoms with Crippen molar-refractivity contribution >= 4 is 56.0 Å². The molecule has 31 heavy (non-hydrogen) atoms. The highest BCUT2D eigenvalue weighted by atomic mass is 35.5. The number of H-pyrrole nitrogens is 2. The van der Waals surface area contributed by atoms with Crippen molar-refractivity contribution in [3.05, 3.63) is 76.7 Å². The second-order valence-corrected chi connectivity index (χ2v) is 7.95. The summed E-state index contributed by atoms with van der Waals surface area (Å²) in [6.45, 7) is 1.89. The van der Waals surface area contributed by atoms with Crippen LogP contribution in [0.15, 0.2) is 54.7 Å². The van der Waals surface area contributed by atoms with Crippen LogP contribution >= 0.6 is 11.6 Å². The molecule has 3 heterocycles. The number of benzene rings is 2. The predicted molar refractivity (Wildman–Crippen MR) is 123 cm³/mol. The SMILES string of the molecule is CC(=O)c1nc(C(=O)NCCc2c[nH]c3ccc(Cl)cc23)cc2c1[nH]c1ccccc12. The number of pyridine rings is 1. The van der Waals surface area contributed by atoms with E-state index < -0.39 is 0 Å². The lowest BCUT2D eigenvalue weighted by molar-refractivity contribution is 0.0949. The van der Waals surface area contributed by atoms with Gasteiger partial charge in [0.25, 0.3) is 5.91 Å². The molecule has 0 spiro atoms. The number of Topliss-reactive ketones (excluding diaryl/α,β-unsaturated/α-hetero) is 1. The van der Waals surface area contributed by atoms with E-state index in [0.29, 0.717) is 23.5 Å². The first-order chi connectivity index (χ1) is 15.0. The number of amides is 1. The molecule has 0 bridgehead atoms. The largest absolute Gasteiger partial charge is 0.361 e. The lowest BCUT2D eigenvalue weighted by atomic mass is 10.1. The van der Waals surface area contributed by atoms with E-state index in [2.05, 4.69) is 20.3 Å². The fraction of sp³-hybridized carbons (Fsp3) is 0.125. The van der Waals surface area contributed by atoms with Gasteiger partial charge in [-0.2, -0.15) is 0 Å². The second-order valence-electron chi connectivity index (χ2n) is 7.52. The van der Waals surface area contributed by atoms with Gasteiger partial charge < -0.3 is 15.3 Å². The van der Waals surface area contributed by atoms with Crippen molar-refractivity contribution in [3.8, 4) is 0 Å². The van der Waals surface area contributed by atoms with E-state index in [4.69, 9.17) is 11.6 Å². The van der Waals surface area contributed by atoms with E-state index in [1.807, 2.05) is 48.7 Å². The van der Waals surface area contributed by atoms with E-state index in [1.54, 1.807) is 6.07 Å². The van der Waals surface area contributed by atoms with Crippen molar-refractivity contribution in [2.24, 2.45) is 0 Å². The highest BCUT2D eigenvalue weighted by Gasteiger charge is 2.18. The Bertz CT molecular complexity index is 1480. The average molecular weight is 431 g/mol. The maximum absolute atomic E-state index is 12.8. The molecule has 0 radical (unpaired) electrons. The third-order valence-corrected chi connectivity index (χ3v) is 5.71. The molecule has 0 aliphatic rings. The summed E-state index contributed by atoms with van der Waals surface area (Å²) in [5.74, 6) is -0.505. The van der Waals surface area contributed by atoms with Gasteiger partial charge in [0, 0.05) is 51.9 Å². The maximum atomic E-state index is 12.8. The van der Waals surface area contributed by atoms with Gasteiger partial charge in [-0.05, 0) is 42.3 Å². The minimum atomic E-state index is -0.312. The smallest absolute Gasteiger partial charge is 0.269 e. The van der Waals surface area contributed by atoms with Gasteiger partial charge in [-0.3, -0.25) is 9.59 Å². The standard InChI is InChI=1S/C24H19ClN4O2/c1-13(30)22-23-18(16-4-2-3-5-20(16)28-23)11-21(29-22)24(31)26-9-8-14-12-27-19-7-6-15(25)10-17(14)19/h2-7,10-12,27-28H,8-9H2,1H3,(H,26,31). The molecule has 0 aliphatic heterocycles. The summed E-state index contributed by atoms with van der Waals surface area (Å²) in [7, 11) is 0. The molecule has 0 atom stereocenters. The highest BCUT2D eigenvalue weighted by molar-refractivity contribution is 6.31. The quantitative estimate of drug-likeness (QED) is 0.342. The zero-order chi connectivity index (χ0) is 21.5. The third kappa shape index (κ3) is 3.45. The number of rotatable bonds is 5. The fourth-order valence-electron chi connectivity index (χ4n) is 3.98. The topological polar surface area (TPSA) is 90.6 Å². The zero-order valence-corrected chi connectivity index (χ0v) is 17.5. The molecule has 0 saturated heterocycles. The number of hydrogen-bond donors (Lipinski definition) is 3. The van der Waals surface area contributed by atoms with Crippen molar-refractivity contribution < 1.29 is 9.59 Å². The van der Waals surface area contributed by atoms with E-state index in [9.17, 15) is 9.59 Å². The maximum Gasteiger partial charge on any atom is 0.269 e. The molecule has 5 aromatic rings. The molecule has 0 unspecified atom stereocenters. The molecule has 7 heteroatoms. The molecule has 1 amide bonds. The van der Waals surface area contributed by atoms with Gasteiger partial charge >= 0.3 is 0 Å². The van der Waals surface area contributed by atoms with Gasteiger partial charge in [0.2, 0.25) is 0 Å². The molecule has 2 aromatic carbocycles. The Kier molecular flexibility index (Phi) is 4.71. The minimum Gasteiger partial charge on any atom is -0.361 e. The van der Waals surface area contributed by atoms with Gasteiger partial charge in [0.1, 0.15) is 11.4 Å². The molecule has 3 N–H and O–H groups in total. The summed E-state index contributed by atoms with van der Waals surface area (Å²) >= 11 is 6.11.